The summed E-state index contributed by atoms with van der Waals surface area (Å²) in [6, 6.07) is 1.45. The molecular weight excluding hydrogens is 184 g/mol. The van der Waals surface area contributed by atoms with E-state index in [0.29, 0.717) is 11.5 Å². The lowest BCUT2D eigenvalue weighted by Gasteiger charge is -2.28. The fraction of sp³-hybridized carbons (Fsp3) is 1.00. The molecule has 0 aliphatic heterocycles. The fourth-order valence-electron chi connectivity index (χ4n) is 2.43. The maximum atomic E-state index is 3.75. The van der Waals surface area contributed by atoms with Gasteiger partial charge in [-0.15, -0.1) is 0 Å². The van der Waals surface area contributed by atoms with Crippen LogP contribution in [0.3, 0.4) is 0 Å². The molecule has 0 aromatic rings. The fourth-order valence-corrected chi connectivity index (χ4v) is 2.43. The van der Waals surface area contributed by atoms with Gasteiger partial charge in [0.25, 0.3) is 0 Å². The Bertz CT molecular complexity index is 215. The summed E-state index contributed by atoms with van der Waals surface area (Å²) < 4.78 is 0. The van der Waals surface area contributed by atoms with Crippen LogP contribution in [0.4, 0.5) is 0 Å². The van der Waals surface area contributed by atoms with Gasteiger partial charge in [-0.3, -0.25) is 0 Å². The molecule has 0 aromatic carbocycles. The predicted molar refractivity (Wildman–Crippen MR) is 65.0 cm³/mol. The van der Waals surface area contributed by atoms with Crippen molar-refractivity contribution in [2.24, 2.45) is 11.3 Å². The minimum absolute atomic E-state index is 0.612. The van der Waals surface area contributed by atoms with Gasteiger partial charge < -0.3 is 10.2 Å². The van der Waals surface area contributed by atoms with Crippen molar-refractivity contribution in [3.05, 3.63) is 0 Å². The summed E-state index contributed by atoms with van der Waals surface area (Å²) in [6.07, 6.45) is 5.71. The third kappa shape index (κ3) is 2.73. The van der Waals surface area contributed by atoms with Crippen molar-refractivity contribution in [2.45, 2.75) is 51.6 Å². The first kappa shape index (κ1) is 11.4. The predicted octanol–water partition coefficient (Wildman–Crippen LogP) is 2.10. The van der Waals surface area contributed by atoms with Gasteiger partial charge in [0.05, 0.1) is 0 Å². The van der Waals surface area contributed by atoms with Crippen LogP contribution >= 0.6 is 0 Å². The second kappa shape index (κ2) is 4.06. The van der Waals surface area contributed by atoms with Gasteiger partial charge in [0, 0.05) is 18.6 Å². The molecule has 0 heterocycles. The van der Waals surface area contributed by atoms with Crippen LogP contribution in [0.15, 0.2) is 0 Å². The van der Waals surface area contributed by atoms with Gasteiger partial charge in [0.1, 0.15) is 0 Å². The van der Waals surface area contributed by atoms with Crippen LogP contribution in [0.5, 0.6) is 0 Å². The van der Waals surface area contributed by atoms with Gasteiger partial charge >= 0.3 is 0 Å². The number of nitrogens with one attached hydrogen (secondary N) is 1. The van der Waals surface area contributed by atoms with Crippen molar-refractivity contribution in [3.63, 3.8) is 0 Å². The minimum Gasteiger partial charge on any atom is -0.312 e. The molecule has 0 amide bonds. The number of hydrogen-bond donors (Lipinski definition) is 1. The SMILES string of the molecule is CC(NCC(C1CC1)N(C)C)C1(C)CC1. The highest BCUT2D eigenvalue weighted by atomic mass is 15.1. The molecule has 15 heavy (non-hydrogen) atoms. The van der Waals surface area contributed by atoms with Gasteiger partial charge in [-0.05, 0) is 58.0 Å². The molecule has 2 fully saturated rings. The highest BCUT2D eigenvalue weighted by Crippen LogP contribution is 2.48. The molecule has 0 spiro atoms. The van der Waals surface area contributed by atoms with Gasteiger partial charge in [0.2, 0.25) is 0 Å². The Morgan fingerprint density at radius 2 is 1.93 bits per heavy atom. The molecule has 1 N–H and O–H groups in total. The Morgan fingerprint density at radius 3 is 2.33 bits per heavy atom. The quantitative estimate of drug-likeness (QED) is 0.722. The van der Waals surface area contributed by atoms with Crippen molar-refractivity contribution in [1.82, 2.24) is 10.2 Å². The van der Waals surface area contributed by atoms with Crippen LogP contribution in [0.2, 0.25) is 0 Å². The van der Waals surface area contributed by atoms with E-state index in [1.165, 1.54) is 32.2 Å². The van der Waals surface area contributed by atoms with Crippen LogP contribution in [-0.4, -0.2) is 37.6 Å². The number of nitrogens with zero attached hydrogens (tertiary/aromatic N) is 1. The topological polar surface area (TPSA) is 15.3 Å². The van der Waals surface area contributed by atoms with Crippen molar-refractivity contribution in [2.75, 3.05) is 20.6 Å². The molecule has 2 unspecified atom stereocenters. The lowest BCUT2D eigenvalue weighted by molar-refractivity contribution is 0.237. The summed E-state index contributed by atoms with van der Waals surface area (Å²) in [5, 5.41) is 3.75. The molecule has 0 bridgehead atoms. The molecule has 2 aliphatic rings. The van der Waals surface area contributed by atoms with E-state index in [1.54, 1.807) is 0 Å². The zero-order chi connectivity index (χ0) is 11.1. The third-order valence-electron chi connectivity index (χ3n) is 4.55. The maximum Gasteiger partial charge on any atom is 0.0242 e. The standard InChI is InChI=1S/C13H26N2/c1-10(13(2)7-8-13)14-9-12(15(3)4)11-5-6-11/h10-12,14H,5-9H2,1-4H3. The Hall–Kier alpha value is -0.0800. The van der Waals surface area contributed by atoms with E-state index in [0.717, 1.165) is 12.0 Å². The van der Waals surface area contributed by atoms with E-state index in [2.05, 4.69) is 38.2 Å². The second-order valence-electron chi connectivity index (χ2n) is 6.15. The summed E-state index contributed by atoms with van der Waals surface area (Å²) in [5.74, 6) is 0.965. The van der Waals surface area contributed by atoms with Gasteiger partial charge in [-0.25, -0.2) is 0 Å². The van der Waals surface area contributed by atoms with E-state index in [1.807, 2.05) is 0 Å². The molecule has 0 saturated heterocycles. The molecule has 2 aliphatic carbocycles. The van der Waals surface area contributed by atoms with Crippen molar-refractivity contribution < 1.29 is 0 Å². The largest absolute Gasteiger partial charge is 0.312 e. The summed E-state index contributed by atoms with van der Waals surface area (Å²) in [4.78, 5) is 2.40. The highest BCUT2D eigenvalue weighted by Gasteiger charge is 2.42. The van der Waals surface area contributed by atoms with E-state index in [4.69, 9.17) is 0 Å². The van der Waals surface area contributed by atoms with E-state index >= 15 is 0 Å². The zero-order valence-corrected chi connectivity index (χ0v) is 10.7. The van der Waals surface area contributed by atoms with Gasteiger partial charge in [0.15, 0.2) is 0 Å². The lowest BCUT2D eigenvalue weighted by Crippen LogP contribution is -2.44. The smallest absolute Gasteiger partial charge is 0.0242 e. The first-order valence-electron chi connectivity index (χ1n) is 6.43. The molecule has 0 radical (unpaired) electrons. The zero-order valence-electron chi connectivity index (χ0n) is 10.7. The number of hydrogen-bond acceptors (Lipinski definition) is 2. The first-order valence-corrected chi connectivity index (χ1v) is 6.43. The molecule has 2 heteroatoms. The molecule has 0 aromatic heterocycles. The minimum atomic E-state index is 0.612. The number of likely N-dealkylation sites (N-methyl/N-ethyl adjacent to an activating group) is 1. The lowest BCUT2D eigenvalue weighted by atomic mass is 10.0. The Kier molecular flexibility index (Phi) is 3.09. The van der Waals surface area contributed by atoms with Gasteiger partial charge in [-0.1, -0.05) is 6.92 Å². The normalized spacial score (nSPS) is 27.8. The van der Waals surface area contributed by atoms with Gasteiger partial charge in [-0.2, -0.15) is 0 Å². The number of rotatable bonds is 6. The summed E-state index contributed by atoms with van der Waals surface area (Å²) >= 11 is 0. The third-order valence-corrected chi connectivity index (χ3v) is 4.55. The highest BCUT2D eigenvalue weighted by molar-refractivity contribution is 4.98. The molecule has 2 atom stereocenters. The Morgan fingerprint density at radius 1 is 1.33 bits per heavy atom. The van der Waals surface area contributed by atoms with Crippen LogP contribution < -0.4 is 5.32 Å². The van der Waals surface area contributed by atoms with Crippen LogP contribution in [0.1, 0.15) is 39.5 Å². The maximum absolute atomic E-state index is 3.75. The molecule has 88 valence electrons. The Balaban J connectivity index is 1.75. The summed E-state index contributed by atoms with van der Waals surface area (Å²) in [6.45, 7) is 5.94. The molecule has 2 nitrogen and oxygen atoms in total. The average Bonchev–Trinajstić information content (AvgIpc) is 3.01. The molecule has 2 saturated carbocycles. The van der Waals surface area contributed by atoms with E-state index in [-0.39, 0.29) is 0 Å². The average molecular weight is 210 g/mol. The monoisotopic (exact) mass is 210 g/mol. The first-order chi connectivity index (χ1) is 7.03. The van der Waals surface area contributed by atoms with Crippen LogP contribution in [0, 0.1) is 11.3 Å². The summed E-state index contributed by atoms with van der Waals surface area (Å²) in [7, 11) is 4.43. The summed E-state index contributed by atoms with van der Waals surface area (Å²) in [5.41, 5.74) is 0.612. The van der Waals surface area contributed by atoms with Crippen LogP contribution in [-0.2, 0) is 0 Å². The van der Waals surface area contributed by atoms with Crippen molar-refractivity contribution in [1.29, 1.82) is 0 Å². The van der Waals surface area contributed by atoms with Crippen molar-refractivity contribution >= 4 is 0 Å². The van der Waals surface area contributed by atoms with Crippen molar-refractivity contribution in [3.8, 4) is 0 Å². The van der Waals surface area contributed by atoms with Crippen LogP contribution in [0.25, 0.3) is 0 Å². The van der Waals surface area contributed by atoms with E-state index < -0.39 is 0 Å². The second-order valence-corrected chi connectivity index (χ2v) is 6.15. The molecular formula is C13H26N2. The van der Waals surface area contributed by atoms with E-state index in [9.17, 15) is 0 Å². The molecule has 2 rings (SSSR count). The Labute approximate surface area is 94.4 Å².